The smallest absolute Gasteiger partial charge is 0.133 e. The molecular formula is C13H10BrClO. The zero-order valence-electron chi connectivity index (χ0n) is 8.49. The molecule has 0 bridgehead atoms. The van der Waals surface area contributed by atoms with E-state index in [1.807, 2.05) is 48.5 Å². The number of rotatable bonds is 3. The molecule has 0 aliphatic rings. The van der Waals surface area contributed by atoms with Crippen molar-refractivity contribution in [2.75, 3.05) is 0 Å². The summed E-state index contributed by atoms with van der Waals surface area (Å²) in [6, 6.07) is 15.4. The Morgan fingerprint density at radius 2 is 1.88 bits per heavy atom. The van der Waals surface area contributed by atoms with E-state index >= 15 is 0 Å². The largest absolute Gasteiger partial charge is 0.488 e. The van der Waals surface area contributed by atoms with E-state index < -0.39 is 0 Å². The van der Waals surface area contributed by atoms with E-state index in [-0.39, 0.29) is 0 Å². The summed E-state index contributed by atoms with van der Waals surface area (Å²) in [5.41, 5.74) is 1.06. The molecule has 1 nitrogen and oxygen atoms in total. The molecule has 82 valence electrons. The third-order valence-electron chi connectivity index (χ3n) is 2.12. The summed E-state index contributed by atoms with van der Waals surface area (Å²) in [5.74, 6) is 0.836. The topological polar surface area (TPSA) is 9.23 Å². The van der Waals surface area contributed by atoms with Crippen LogP contribution < -0.4 is 4.74 Å². The minimum Gasteiger partial charge on any atom is -0.488 e. The zero-order valence-corrected chi connectivity index (χ0v) is 10.8. The Bertz CT molecular complexity index is 485. The minimum absolute atomic E-state index is 0.517. The van der Waals surface area contributed by atoms with E-state index in [1.165, 1.54) is 0 Å². The molecule has 2 aromatic rings. The van der Waals surface area contributed by atoms with Crippen molar-refractivity contribution in [3.05, 3.63) is 63.6 Å². The summed E-state index contributed by atoms with van der Waals surface area (Å²) >= 11 is 9.33. The SMILES string of the molecule is Clc1cccc(COc2ccccc2Br)c1. The number of ether oxygens (including phenoxy) is 1. The lowest BCUT2D eigenvalue weighted by Gasteiger charge is -2.07. The summed E-state index contributed by atoms with van der Waals surface area (Å²) in [4.78, 5) is 0. The van der Waals surface area contributed by atoms with Crippen LogP contribution >= 0.6 is 27.5 Å². The van der Waals surface area contributed by atoms with E-state index in [4.69, 9.17) is 16.3 Å². The molecule has 0 amide bonds. The first kappa shape index (κ1) is 11.5. The fourth-order valence-corrected chi connectivity index (χ4v) is 1.96. The van der Waals surface area contributed by atoms with Crippen LogP contribution in [-0.4, -0.2) is 0 Å². The Kier molecular flexibility index (Phi) is 3.86. The first-order valence-corrected chi connectivity index (χ1v) is 6.04. The Hall–Kier alpha value is -0.990. The van der Waals surface area contributed by atoms with Crippen LogP contribution in [0, 0.1) is 0 Å². The average molecular weight is 298 g/mol. The van der Waals surface area contributed by atoms with E-state index in [0.717, 1.165) is 20.8 Å². The lowest BCUT2D eigenvalue weighted by atomic mass is 10.2. The number of hydrogen-bond donors (Lipinski definition) is 0. The van der Waals surface area contributed by atoms with Gasteiger partial charge in [0.2, 0.25) is 0 Å². The Labute approximate surface area is 108 Å². The van der Waals surface area contributed by atoms with Gasteiger partial charge in [-0.1, -0.05) is 35.9 Å². The van der Waals surface area contributed by atoms with Gasteiger partial charge in [-0.2, -0.15) is 0 Å². The van der Waals surface area contributed by atoms with Gasteiger partial charge in [-0.05, 0) is 45.8 Å². The van der Waals surface area contributed by atoms with Crippen LogP contribution in [0.5, 0.6) is 5.75 Å². The molecule has 2 rings (SSSR count). The highest BCUT2D eigenvalue weighted by molar-refractivity contribution is 9.10. The minimum atomic E-state index is 0.517. The van der Waals surface area contributed by atoms with Crippen LogP contribution in [0.2, 0.25) is 5.02 Å². The lowest BCUT2D eigenvalue weighted by Crippen LogP contribution is -1.95. The molecule has 0 saturated heterocycles. The number of para-hydroxylation sites is 1. The Morgan fingerprint density at radius 1 is 1.06 bits per heavy atom. The van der Waals surface area contributed by atoms with Crippen LogP contribution in [0.15, 0.2) is 53.0 Å². The van der Waals surface area contributed by atoms with Crippen molar-refractivity contribution in [3.8, 4) is 5.75 Å². The van der Waals surface area contributed by atoms with Crippen LogP contribution in [-0.2, 0) is 6.61 Å². The van der Waals surface area contributed by atoms with Crippen LogP contribution in [0.3, 0.4) is 0 Å². The molecule has 3 heteroatoms. The fraction of sp³-hybridized carbons (Fsp3) is 0.0769. The molecule has 0 aliphatic carbocycles. The maximum Gasteiger partial charge on any atom is 0.133 e. The molecule has 0 atom stereocenters. The number of benzene rings is 2. The van der Waals surface area contributed by atoms with Gasteiger partial charge < -0.3 is 4.74 Å². The van der Waals surface area contributed by atoms with E-state index in [0.29, 0.717) is 6.61 Å². The molecule has 0 aliphatic heterocycles. The third-order valence-corrected chi connectivity index (χ3v) is 3.01. The quantitative estimate of drug-likeness (QED) is 0.799. The van der Waals surface area contributed by atoms with Gasteiger partial charge in [0, 0.05) is 5.02 Å². The molecule has 0 fully saturated rings. The second-order valence-corrected chi connectivity index (χ2v) is 4.64. The summed E-state index contributed by atoms with van der Waals surface area (Å²) in [7, 11) is 0. The molecule has 0 aromatic heterocycles. The van der Waals surface area contributed by atoms with Gasteiger partial charge in [0.25, 0.3) is 0 Å². The van der Waals surface area contributed by atoms with Crippen molar-refractivity contribution in [2.24, 2.45) is 0 Å². The van der Waals surface area contributed by atoms with E-state index in [2.05, 4.69) is 15.9 Å². The summed E-state index contributed by atoms with van der Waals surface area (Å²) in [5, 5.41) is 0.730. The second kappa shape index (κ2) is 5.37. The molecule has 16 heavy (non-hydrogen) atoms. The first-order valence-electron chi connectivity index (χ1n) is 4.87. The highest BCUT2D eigenvalue weighted by atomic mass is 79.9. The van der Waals surface area contributed by atoms with Crippen molar-refractivity contribution in [1.29, 1.82) is 0 Å². The van der Waals surface area contributed by atoms with Crippen molar-refractivity contribution >= 4 is 27.5 Å². The highest BCUT2D eigenvalue weighted by Crippen LogP contribution is 2.24. The molecule has 0 heterocycles. The summed E-state index contributed by atoms with van der Waals surface area (Å²) in [6.07, 6.45) is 0. The van der Waals surface area contributed by atoms with E-state index in [1.54, 1.807) is 0 Å². The zero-order chi connectivity index (χ0) is 11.4. The van der Waals surface area contributed by atoms with Gasteiger partial charge >= 0.3 is 0 Å². The molecule has 2 aromatic carbocycles. The summed E-state index contributed by atoms with van der Waals surface area (Å²) in [6.45, 7) is 0.517. The normalized spacial score (nSPS) is 10.1. The van der Waals surface area contributed by atoms with Crippen molar-refractivity contribution < 1.29 is 4.74 Å². The van der Waals surface area contributed by atoms with Crippen LogP contribution in [0.4, 0.5) is 0 Å². The Morgan fingerprint density at radius 3 is 2.62 bits per heavy atom. The highest BCUT2D eigenvalue weighted by Gasteiger charge is 2.00. The maximum atomic E-state index is 5.89. The van der Waals surface area contributed by atoms with Gasteiger partial charge in [-0.25, -0.2) is 0 Å². The van der Waals surface area contributed by atoms with Crippen molar-refractivity contribution in [1.82, 2.24) is 0 Å². The molecular weight excluding hydrogens is 287 g/mol. The van der Waals surface area contributed by atoms with Crippen molar-refractivity contribution in [2.45, 2.75) is 6.61 Å². The third kappa shape index (κ3) is 3.00. The first-order chi connectivity index (χ1) is 7.75. The molecule has 0 N–H and O–H groups in total. The molecule has 0 spiro atoms. The maximum absolute atomic E-state index is 5.89. The fourth-order valence-electron chi connectivity index (χ4n) is 1.35. The standard InChI is InChI=1S/C13H10BrClO/c14-12-6-1-2-7-13(12)16-9-10-4-3-5-11(15)8-10/h1-8H,9H2. The lowest BCUT2D eigenvalue weighted by molar-refractivity contribution is 0.304. The monoisotopic (exact) mass is 296 g/mol. The van der Waals surface area contributed by atoms with E-state index in [9.17, 15) is 0 Å². The van der Waals surface area contributed by atoms with Gasteiger partial charge in [0.15, 0.2) is 0 Å². The van der Waals surface area contributed by atoms with Gasteiger partial charge in [0.1, 0.15) is 12.4 Å². The number of hydrogen-bond acceptors (Lipinski definition) is 1. The van der Waals surface area contributed by atoms with Crippen LogP contribution in [0.25, 0.3) is 0 Å². The van der Waals surface area contributed by atoms with Crippen LogP contribution in [0.1, 0.15) is 5.56 Å². The number of halogens is 2. The predicted molar refractivity (Wildman–Crippen MR) is 69.9 cm³/mol. The molecule has 0 saturated carbocycles. The second-order valence-electron chi connectivity index (χ2n) is 3.35. The van der Waals surface area contributed by atoms with Gasteiger partial charge in [0.05, 0.1) is 4.47 Å². The Balaban J connectivity index is 2.05. The average Bonchev–Trinajstić information content (AvgIpc) is 2.28. The van der Waals surface area contributed by atoms with Crippen molar-refractivity contribution in [3.63, 3.8) is 0 Å². The summed E-state index contributed by atoms with van der Waals surface area (Å²) < 4.78 is 6.63. The molecule has 0 unspecified atom stereocenters. The van der Waals surface area contributed by atoms with Gasteiger partial charge in [-0.3, -0.25) is 0 Å². The molecule has 0 radical (unpaired) electrons. The van der Waals surface area contributed by atoms with Gasteiger partial charge in [-0.15, -0.1) is 0 Å². The predicted octanol–water partition coefficient (Wildman–Crippen LogP) is 4.68.